The highest BCUT2D eigenvalue weighted by atomic mass is 16.4. The second kappa shape index (κ2) is 5.66. The molecule has 0 saturated carbocycles. The number of carboxylic acids is 1. The van der Waals surface area contributed by atoms with Gasteiger partial charge in [-0.1, -0.05) is 0 Å². The number of hydrogen-bond donors (Lipinski definition) is 4. The minimum absolute atomic E-state index is 0.0200. The molecule has 1 aliphatic rings. The molecule has 0 spiro atoms. The molecule has 0 aromatic heterocycles. The molecule has 0 bridgehead atoms. The predicted octanol–water partition coefficient (Wildman–Crippen LogP) is -1.54. The number of aliphatic hydroxyl groups excluding tert-OH is 2. The Bertz CT molecular complexity index is 271. The van der Waals surface area contributed by atoms with Gasteiger partial charge in [-0.25, -0.2) is 9.59 Å². The Labute approximate surface area is 92.7 Å². The standard InChI is InChI=1S/C9H16N2O5/c12-4-6-1-2-11(3-6)9(16)10-7(5-13)8(14)15/h6-7,12-13H,1-5H2,(H,10,16)(H,14,15)/t6?,7-/m0/s1. The van der Waals surface area contributed by atoms with E-state index < -0.39 is 24.6 Å². The van der Waals surface area contributed by atoms with Crippen molar-refractivity contribution >= 4 is 12.0 Å². The third kappa shape index (κ3) is 3.07. The Morgan fingerprint density at radius 2 is 2.12 bits per heavy atom. The number of amides is 2. The molecule has 7 heteroatoms. The molecule has 1 aliphatic heterocycles. The number of carboxylic acid groups (broad SMARTS) is 1. The Balaban J connectivity index is 2.43. The van der Waals surface area contributed by atoms with Crippen LogP contribution >= 0.6 is 0 Å². The van der Waals surface area contributed by atoms with Crippen molar-refractivity contribution in [3.8, 4) is 0 Å². The van der Waals surface area contributed by atoms with Crippen LogP contribution in [0.15, 0.2) is 0 Å². The molecule has 0 radical (unpaired) electrons. The quantitative estimate of drug-likeness (QED) is 0.469. The van der Waals surface area contributed by atoms with E-state index in [2.05, 4.69) is 5.32 Å². The molecule has 1 rings (SSSR count). The monoisotopic (exact) mass is 232 g/mol. The molecule has 4 N–H and O–H groups in total. The Morgan fingerprint density at radius 1 is 1.44 bits per heavy atom. The number of aliphatic carboxylic acids is 1. The SMILES string of the molecule is O=C(O)[C@H](CO)NC(=O)N1CCC(CO)C1. The molecule has 7 nitrogen and oxygen atoms in total. The first kappa shape index (κ1) is 12.7. The van der Waals surface area contributed by atoms with Gasteiger partial charge in [0.1, 0.15) is 0 Å². The lowest BCUT2D eigenvalue weighted by Gasteiger charge is -2.19. The molecule has 2 atom stereocenters. The molecule has 92 valence electrons. The summed E-state index contributed by atoms with van der Waals surface area (Å²) in [6.07, 6.45) is 0.709. The van der Waals surface area contributed by atoms with Gasteiger partial charge in [0.05, 0.1) is 6.61 Å². The van der Waals surface area contributed by atoms with E-state index in [1.807, 2.05) is 0 Å². The average Bonchev–Trinajstić information content (AvgIpc) is 2.73. The van der Waals surface area contributed by atoms with Gasteiger partial charge in [-0.15, -0.1) is 0 Å². The number of nitrogens with zero attached hydrogens (tertiary/aromatic N) is 1. The van der Waals surface area contributed by atoms with Gasteiger partial charge in [0.15, 0.2) is 6.04 Å². The van der Waals surface area contributed by atoms with Crippen molar-refractivity contribution in [2.75, 3.05) is 26.3 Å². The minimum atomic E-state index is -1.28. The summed E-state index contributed by atoms with van der Waals surface area (Å²) in [4.78, 5) is 23.5. The van der Waals surface area contributed by atoms with Crippen LogP contribution in [0, 0.1) is 5.92 Å². The topological polar surface area (TPSA) is 110 Å². The van der Waals surface area contributed by atoms with Crippen molar-refractivity contribution in [2.24, 2.45) is 5.92 Å². The molecular formula is C9H16N2O5. The van der Waals surface area contributed by atoms with Crippen LogP contribution in [-0.2, 0) is 4.79 Å². The Morgan fingerprint density at radius 3 is 2.56 bits per heavy atom. The number of carbonyl (C=O) groups is 2. The molecule has 16 heavy (non-hydrogen) atoms. The molecule has 1 fully saturated rings. The first-order chi connectivity index (χ1) is 7.58. The molecule has 1 saturated heterocycles. The maximum Gasteiger partial charge on any atom is 0.328 e. The fraction of sp³-hybridized carbons (Fsp3) is 0.778. The van der Waals surface area contributed by atoms with Gasteiger partial charge >= 0.3 is 12.0 Å². The van der Waals surface area contributed by atoms with Gasteiger partial charge in [0.2, 0.25) is 0 Å². The number of urea groups is 1. The molecular weight excluding hydrogens is 216 g/mol. The summed E-state index contributed by atoms with van der Waals surface area (Å²) in [5.74, 6) is -1.21. The van der Waals surface area contributed by atoms with Crippen LogP contribution in [0.4, 0.5) is 4.79 Å². The van der Waals surface area contributed by atoms with Gasteiger partial charge in [0, 0.05) is 25.6 Å². The predicted molar refractivity (Wildman–Crippen MR) is 53.8 cm³/mol. The fourth-order valence-electron chi connectivity index (χ4n) is 1.59. The fourth-order valence-corrected chi connectivity index (χ4v) is 1.59. The smallest absolute Gasteiger partial charge is 0.328 e. The van der Waals surface area contributed by atoms with Crippen molar-refractivity contribution in [2.45, 2.75) is 12.5 Å². The van der Waals surface area contributed by atoms with Crippen molar-refractivity contribution in [1.82, 2.24) is 10.2 Å². The number of likely N-dealkylation sites (tertiary alicyclic amines) is 1. The van der Waals surface area contributed by atoms with Gasteiger partial charge in [-0.2, -0.15) is 0 Å². The highest BCUT2D eigenvalue weighted by Crippen LogP contribution is 2.15. The Hall–Kier alpha value is -1.34. The van der Waals surface area contributed by atoms with Crippen molar-refractivity contribution in [1.29, 1.82) is 0 Å². The molecule has 2 amide bonds. The summed E-state index contributed by atoms with van der Waals surface area (Å²) in [6.45, 7) is 0.291. The van der Waals surface area contributed by atoms with Crippen LogP contribution in [0.5, 0.6) is 0 Å². The van der Waals surface area contributed by atoms with E-state index in [0.29, 0.717) is 19.5 Å². The highest BCUT2D eigenvalue weighted by Gasteiger charge is 2.28. The summed E-state index contributed by atoms with van der Waals surface area (Å²) >= 11 is 0. The maximum absolute atomic E-state index is 11.5. The van der Waals surface area contributed by atoms with E-state index in [-0.39, 0.29) is 12.5 Å². The van der Waals surface area contributed by atoms with Crippen LogP contribution in [0.3, 0.4) is 0 Å². The zero-order valence-electron chi connectivity index (χ0n) is 8.80. The van der Waals surface area contributed by atoms with E-state index in [4.69, 9.17) is 15.3 Å². The van der Waals surface area contributed by atoms with E-state index >= 15 is 0 Å². The van der Waals surface area contributed by atoms with Crippen LogP contribution in [-0.4, -0.2) is 64.6 Å². The normalized spacial score (nSPS) is 21.9. The summed E-state index contributed by atoms with van der Waals surface area (Å²) < 4.78 is 0. The van der Waals surface area contributed by atoms with Gasteiger partial charge in [-0.05, 0) is 6.42 Å². The minimum Gasteiger partial charge on any atom is -0.480 e. The lowest BCUT2D eigenvalue weighted by molar-refractivity contribution is -0.140. The second-order valence-electron chi connectivity index (χ2n) is 3.81. The maximum atomic E-state index is 11.5. The number of rotatable bonds is 4. The van der Waals surface area contributed by atoms with E-state index in [0.717, 1.165) is 0 Å². The van der Waals surface area contributed by atoms with Gasteiger partial charge in [-0.3, -0.25) is 0 Å². The molecule has 1 heterocycles. The number of nitrogens with one attached hydrogen (secondary N) is 1. The lowest BCUT2D eigenvalue weighted by atomic mass is 10.1. The van der Waals surface area contributed by atoms with E-state index in [1.165, 1.54) is 4.90 Å². The zero-order valence-corrected chi connectivity index (χ0v) is 8.80. The first-order valence-corrected chi connectivity index (χ1v) is 5.08. The molecule has 0 aliphatic carbocycles. The molecule has 1 unspecified atom stereocenters. The van der Waals surface area contributed by atoms with Crippen molar-refractivity contribution in [3.05, 3.63) is 0 Å². The third-order valence-electron chi connectivity index (χ3n) is 2.61. The van der Waals surface area contributed by atoms with Crippen molar-refractivity contribution in [3.63, 3.8) is 0 Å². The molecule has 0 aromatic rings. The highest BCUT2D eigenvalue weighted by molar-refractivity contribution is 5.82. The van der Waals surface area contributed by atoms with E-state index in [9.17, 15) is 9.59 Å². The van der Waals surface area contributed by atoms with Gasteiger partial charge in [0.25, 0.3) is 0 Å². The molecule has 0 aromatic carbocycles. The van der Waals surface area contributed by atoms with E-state index in [1.54, 1.807) is 0 Å². The summed E-state index contributed by atoms with van der Waals surface area (Å²) in [5, 5.41) is 28.5. The average molecular weight is 232 g/mol. The van der Waals surface area contributed by atoms with Crippen molar-refractivity contribution < 1.29 is 24.9 Å². The van der Waals surface area contributed by atoms with Gasteiger partial charge < -0.3 is 25.5 Å². The van der Waals surface area contributed by atoms with Crippen LogP contribution < -0.4 is 5.32 Å². The third-order valence-corrected chi connectivity index (χ3v) is 2.61. The summed E-state index contributed by atoms with van der Waals surface area (Å²) in [7, 11) is 0. The van der Waals surface area contributed by atoms with Crippen LogP contribution in [0.2, 0.25) is 0 Å². The number of hydrogen-bond acceptors (Lipinski definition) is 4. The second-order valence-corrected chi connectivity index (χ2v) is 3.81. The summed E-state index contributed by atoms with van der Waals surface area (Å²) in [5.41, 5.74) is 0. The van der Waals surface area contributed by atoms with Crippen LogP contribution in [0.25, 0.3) is 0 Å². The lowest BCUT2D eigenvalue weighted by Crippen LogP contribution is -2.49. The number of carbonyl (C=O) groups excluding carboxylic acids is 1. The largest absolute Gasteiger partial charge is 0.480 e. The number of aliphatic hydroxyl groups is 2. The Kier molecular flexibility index (Phi) is 4.51. The zero-order chi connectivity index (χ0) is 12.1. The van der Waals surface area contributed by atoms with Crippen LogP contribution in [0.1, 0.15) is 6.42 Å². The summed E-state index contributed by atoms with van der Waals surface area (Å²) in [6, 6.07) is -1.79. The first-order valence-electron chi connectivity index (χ1n) is 5.08.